The molecule has 33 heavy (non-hydrogen) atoms. The molecule has 5 rings (SSSR count). The maximum Gasteiger partial charge on any atom is 0.165 e. The number of anilines is 1. The van der Waals surface area contributed by atoms with Crippen LogP contribution in [0.25, 0.3) is 27.8 Å². The van der Waals surface area contributed by atoms with E-state index in [1.807, 2.05) is 18.2 Å². The molecule has 1 fully saturated rings. The number of nitriles is 1. The van der Waals surface area contributed by atoms with Crippen LogP contribution in [0.3, 0.4) is 0 Å². The highest BCUT2D eigenvalue weighted by molar-refractivity contribution is 5.91. The van der Waals surface area contributed by atoms with Crippen LogP contribution in [0.4, 0.5) is 10.1 Å². The minimum Gasteiger partial charge on any atom is -0.494 e. The number of hydrogen-bond donors (Lipinski definition) is 2. The number of aromatic nitrogens is 1. The molecule has 5 nitrogen and oxygen atoms in total. The van der Waals surface area contributed by atoms with Gasteiger partial charge in [-0.3, -0.25) is 0 Å². The summed E-state index contributed by atoms with van der Waals surface area (Å²) in [4.78, 5) is 0. The second-order valence-electron chi connectivity index (χ2n) is 8.32. The van der Waals surface area contributed by atoms with Crippen molar-refractivity contribution < 1.29 is 9.13 Å². The second-order valence-corrected chi connectivity index (χ2v) is 8.32. The Hall–Kier alpha value is -3.82. The van der Waals surface area contributed by atoms with Crippen LogP contribution in [-0.4, -0.2) is 30.8 Å². The Balaban J connectivity index is 1.62. The van der Waals surface area contributed by atoms with Crippen molar-refractivity contribution in [2.24, 2.45) is 0 Å². The molecule has 1 aliphatic heterocycles. The average molecular weight is 441 g/mol. The van der Waals surface area contributed by atoms with E-state index in [0.29, 0.717) is 11.6 Å². The third-order valence-electron chi connectivity index (χ3n) is 6.21. The highest BCUT2D eigenvalue weighted by Crippen LogP contribution is 2.35. The fourth-order valence-corrected chi connectivity index (χ4v) is 4.51. The molecule has 1 aliphatic rings. The second kappa shape index (κ2) is 8.97. The van der Waals surface area contributed by atoms with E-state index in [1.54, 1.807) is 18.2 Å². The quantitative estimate of drug-likeness (QED) is 0.431. The van der Waals surface area contributed by atoms with Gasteiger partial charge in [-0.2, -0.15) is 5.26 Å². The van der Waals surface area contributed by atoms with Crippen molar-refractivity contribution in [2.45, 2.75) is 18.9 Å². The van der Waals surface area contributed by atoms with Crippen LogP contribution in [0.5, 0.6) is 5.75 Å². The molecule has 1 aromatic heterocycles. The third kappa shape index (κ3) is 4.15. The van der Waals surface area contributed by atoms with E-state index < -0.39 is 5.82 Å². The van der Waals surface area contributed by atoms with Crippen LogP contribution in [0.2, 0.25) is 0 Å². The van der Waals surface area contributed by atoms with Gasteiger partial charge in [0.05, 0.1) is 30.0 Å². The molecule has 2 N–H and O–H groups in total. The molecule has 1 saturated heterocycles. The van der Waals surface area contributed by atoms with Crippen molar-refractivity contribution >= 4 is 16.6 Å². The number of ether oxygens (including phenoxy) is 1. The molecule has 0 aliphatic carbocycles. The summed E-state index contributed by atoms with van der Waals surface area (Å²) in [6.45, 7) is 2.06. The van der Waals surface area contributed by atoms with E-state index in [0.717, 1.165) is 59.5 Å². The van der Waals surface area contributed by atoms with Crippen LogP contribution >= 0.6 is 0 Å². The first-order valence-electron chi connectivity index (χ1n) is 11.1. The van der Waals surface area contributed by atoms with Crippen molar-refractivity contribution in [3.05, 3.63) is 78.1 Å². The maximum atomic E-state index is 14.6. The van der Waals surface area contributed by atoms with Gasteiger partial charge in [-0.1, -0.05) is 0 Å². The van der Waals surface area contributed by atoms with Crippen molar-refractivity contribution in [3.63, 3.8) is 0 Å². The van der Waals surface area contributed by atoms with Gasteiger partial charge in [0.1, 0.15) is 0 Å². The van der Waals surface area contributed by atoms with Crippen LogP contribution in [0.1, 0.15) is 18.4 Å². The van der Waals surface area contributed by atoms with Gasteiger partial charge in [0.15, 0.2) is 11.6 Å². The lowest BCUT2D eigenvalue weighted by Gasteiger charge is -2.24. The first-order chi connectivity index (χ1) is 16.2. The molecule has 4 aromatic rings. The Kier molecular flexibility index (Phi) is 5.72. The van der Waals surface area contributed by atoms with Crippen LogP contribution in [-0.2, 0) is 0 Å². The van der Waals surface area contributed by atoms with Crippen molar-refractivity contribution in [2.75, 3.05) is 25.5 Å². The molecule has 166 valence electrons. The van der Waals surface area contributed by atoms with Crippen molar-refractivity contribution in [3.8, 4) is 28.8 Å². The summed E-state index contributed by atoms with van der Waals surface area (Å²) in [7, 11) is 1.46. The molecule has 6 heteroatoms. The monoisotopic (exact) mass is 440 g/mol. The topological polar surface area (TPSA) is 62.0 Å². The minimum atomic E-state index is -0.403. The van der Waals surface area contributed by atoms with Crippen molar-refractivity contribution in [1.82, 2.24) is 9.88 Å². The van der Waals surface area contributed by atoms with E-state index in [1.165, 1.54) is 13.2 Å². The number of nitrogens with one attached hydrogen (secondary N) is 2. The Labute approximate surface area is 192 Å². The summed E-state index contributed by atoms with van der Waals surface area (Å²) in [6, 6.07) is 23.5. The molecule has 3 aromatic carbocycles. The van der Waals surface area contributed by atoms with Crippen LogP contribution in [0.15, 0.2) is 66.7 Å². The Morgan fingerprint density at radius 1 is 1.03 bits per heavy atom. The molecule has 0 bridgehead atoms. The van der Waals surface area contributed by atoms with Gasteiger partial charge in [0.25, 0.3) is 0 Å². The summed E-state index contributed by atoms with van der Waals surface area (Å²) in [5.41, 5.74) is 5.23. The summed E-state index contributed by atoms with van der Waals surface area (Å²) < 4.78 is 21.8. The molecule has 0 atom stereocenters. The lowest BCUT2D eigenvalue weighted by Crippen LogP contribution is -2.35. The molecular weight excluding hydrogens is 415 g/mol. The maximum absolute atomic E-state index is 14.6. The van der Waals surface area contributed by atoms with E-state index in [2.05, 4.69) is 45.5 Å². The molecule has 0 unspecified atom stereocenters. The van der Waals surface area contributed by atoms with Gasteiger partial charge in [-0.05, 0) is 92.7 Å². The van der Waals surface area contributed by atoms with Gasteiger partial charge in [-0.25, -0.2) is 4.39 Å². The predicted octanol–water partition coefficient (Wildman–Crippen LogP) is 5.48. The number of methoxy groups -OCH3 is 1. The van der Waals surface area contributed by atoms with Gasteiger partial charge < -0.3 is 19.9 Å². The highest BCUT2D eigenvalue weighted by atomic mass is 19.1. The minimum absolute atomic E-state index is 0.216. The molecule has 2 heterocycles. The van der Waals surface area contributed by atoms with E-state index in [-0.39, 0.29) is 5.75 Å². The molecule has 0 radical (unpaired) electrons. The number of nitrogens with zero attached hydrogens (tertiary/aromatic N) is 2. The van der Waals surface area contributed by atoms with E-state index in [4.69, 9.17) is 4.74 Å². The zero-order valence-corrected chi connectivity index (χ0v) is 18.4. The number of halogens is 1. The largest absolute Gasteiger partial charge is 0.494 e. The number of hydrogen-bond acceptors (Lipinski definition) is 4. The number of fused-ring (bicyclic) bond motifs is 1. The standard InChI is InChI=1S/C27H25FN4O/c1-33-27-9-4-19(15-24(27)28)26-16-20-14-22(31-21-10-12-30-13-11-21)5-8-25(20)32(26)23-6-2-18(17-29)3-7-23/h2-9,14-16,21,30-31H,10-13H2,1H3. The summed E-state index contributed by atoms with van der Waals surface area (Å²) in [5, 5.41) is 17.3. The first-order valence-corrected chi connectivity index (χ1v) is 11.1. The third-order valence-corrected chi connectivity index (χ3v) is 6.21. The summed E-state index contributed by atoms with van der Waals surface area (Å²) >= 11 is 0. The number of piperidine rings is 1. The zero-order valence-electron chi connectivity index (χ0n) is 18.4. The summed E-state index contributed by atoms with van der Waals surface area (Å²) in [5.74, 6) is -0.187. The normalized spacial score (nSPS) is 14.2. The predicted molar refractivity (Wildman–Crippen MR) is 129 cm³/mol. The Morgan fingerprint density at radius 3 is 2.52 bits per heavy atom. The van der Waals surface area contributed by atoms with Crippen LogP contribution in [0, 0.1) is 17.1 Å². The molecule has 0 spiro atoms. The number of benzene rings is 3. The number of rotatable bonds is 5. The lowest BCUT2D eigenvalue weighted by atomic mass is 10.1. The molecule has 0 amide bonds. The Bertz CT molecular complexity index is 1330. The average Bonchev–Trinajstić information content (AvgIpc) is 3.23. The van der Waals surface area contributed by atoms with Gasteiger partial charge in [-0.15, -0.1) is 0 Å². The summed E-state index contributed by atoms with van der Waals surface area (Å²) in [6.07, 6.45) is 2.20. The highest BCUT2D eigenvalue weighted by Gasteiger charge is 2.17. The molecular formula is C27H25FN4O. The SMILES string of the molecule is COc1ccc(-c2cc3cc(NC4CCNCC4)ccc3n2-c2ccc(C#N)cc2)cc1F. The smallest absolute Gasteiger partial charge is 0.165 e. The first kappa shape index (κ1) is 21.0. The molecule has 0 saturated carbocycles. The fraction of sp³-hybridized carbons (Fsp3) is 0.222. The van der Waals surface area contributed by atoms with E-state index in [9.17, 15) is 9.65 Å². The van der Waals surface area contributed by atoms with Gasteiger partial charge >= 0.3 is 0 Å². The zero-order chi connectivity index (χ0) is 22.8. The van der Waals surface area contributed by atoms with E-state index >= 15 is 0 Å². The van der Waals surface area contributed by atoms with Gasteiger partial charge in [0, 0.05) is 28.4 Å². The van der Waals surface area contributed by atoms with Crippen LogP contribution < -0.4 is 15.4 Å². The lowest BCUT2D eigenvalue weighted by molar-refractivity contribution is 0.386. The fourth-order valence-electron chi connectivity index (χ4n) is 4.51. The van der Waals surface area contributed by atoms with Crippen molar-refractivity contribution in [1.29, 1.82) is 5.26 Å². The van der Waals surface area contributed by atoms with Gasteiger partial charge in [0.2, 0.25) is 0 Å². The Morgan fingerprint density at radius 2 is 1.82 bits per heavy atom.